The van der Waals surface area contributed by atoms with Gasteiger partial charge in [0.2, 0.25) is 0 Å². The molecule has 0 aromatic carbocycles. The highest BCUT2D eigenvalue weighted by Gasteiger charge is 2.10. The Hall–Kier alpha value is -2.23. The van der Waals surface area contributed by atoms with Crippen LogP contribution in [0.4, 0.5) is 0 Å². The summed E-state index contributed by atoms with van der Waals surface area (Å²) in [6.45, 7) is 4.05. The van der Waals surface area contributed by atoms with Gasteiger partial charge in [-0.15, -0.1) is 0 Å². The molecule has 2 aromatic heterocycles. The zero-order chi connectivity index (χ0) is 13.0. The Kier molecular flexibility index (Phi) is 3.67. The van der Waals surface area contributed by atoms with E-state index in [0.29, 0.717) is 12.2 Å². The first-order valence-corrected chi connectivity index (χ1v) is 5.76. The lowest BCUT2D eigenvalue weighted by Gasteiger charge is -2.07. The maximum atomic E-state index is 11.7. The number of pyridine rings is 2. The molecule has 0 aliphatic rings. The van der Waals surface area contributed by atoms with Crippen LogP contribution in [0.25, 0.3) is 11.1 Å². The van der Waals surface area contributed by atoms with Crippen LogP contribution in [0.2, 0.25) is 0 Å². The van der Waals surface area contributed by atoms with Gasteiger partial charge >= 0.3 is 5.97 Å². The van der Waals surface area contributed by atoms with Crippen molar-refractivity contribution < 1.29 is 9.53 Å². The van der Waals surface area contributed by atoms with E-state index in [0.717, 1.165) is 16.8 Å². The summed E-state index contributed by atoms with van der Waals surface area (Å²) in [5.41, 5.74) is 3.24. The fourth-order valence-electron chi connectivity index (χ4n) is 1.68. The van der Waals surface area contributed by atoms with Crippen LogP contribution in [0, 0.1) is 6.92 Å². The van der Waals surface area contributed by atoms with Crippen LogP contribution < -0.4 is 0 Å². The number of nitrogens with zero attached hydrogens (tertiary/aromatic N) is 2. The van der Waals surface area contributed by atoms with Crippen molar-refractivity contribution in [3.8, 4) is 11.1 Å². The number of hydrogen-bond acceptors (Lipinski definition) is 4. The molecule has 0 bridgehead atoms. The Morgan fingerprint density at radius 3 is 2.72 bits per heavy atom. The average molecular weight is 242 g/mol. The summed E-state index contributed by atoms with van der Waals surface area (Å²) in [5, 5.41) is 0. The molecule has 0 spiro atoms. The van der Waals surface area contributed by atoms with Crippen LogP contribution in [-0.4, -0.2) is 22.5 Å². The molecule has 4 nitrogen and oxygen atoms in total. The molecule has 92 valence electrons. The second-order valence-electron chi connectivity index (χ2n) is 3.81. The Morgan fingerprint density at radius 2 is 2.06 bits per heavy atom. The molecule has 2 heterocycles. The third-order valence-electron chi connectivity index (χ3n) is 2.59. The third kappa shape index (κ3) is 2.53. The summed E-state index contributed by atoms with van der Waals surface area (Å²) < 4.78 is 4.97. The largest absolute Gasteiger partial charge is 0.462 e. The molecule has 2 aromatic rings. The highest BCUT2D eigenvalue weighted by Crippen LogP contribution is 2.22. The van der Waals surface area contributed by atoms with Gasteiger partial charge in [0.25, 0.3) is 0 Å². The molecule has 0 unspecified atom stereocenters. The maximum absolute atomic E-state index is 11.7. The van der Waals surface area contributed by atoms with Crippen LogP contribution in [-0.2, 0) is 4.74 Å². The van der Waals surface area contributed by atoms with Gasteiger partial charge in [0.1, 0.15) is 0 Å². The minimum Gasteiger partial charge on any atom is -0.462 e. The van der Waals surface area contributed by atoms with Crippen LogP contribution in [0.15, 0.2) is 36.8 Å². The van der Waals surface area contributed by atoms with Gasteiger partial charge in [0.15, 0.2) is 0 Å². The summed E-state index contributed by atoms with van der Waals surface area (Å²) in [6.07, 6.45) is 4.97. The Morgan fingerprint density at radius 1 is 1.33 bits per heavy atom. The number of hydrogen-bond donors (Lipinski definition) is 0. The number of aromatic nitrogens is 2. The topological polar surface area (TPSA) is 52.1 Å². The molecule has 2 rings (SSSR count). The van der Waals surface area contributed by atoms with E-state index in [1.807, 2.05) is 19.1 Å². The molecule has 0 aliphatic heterocycles. The van der Waals surface area contributed by atoms with Gasteiger partial charge in [-0.25, -0.2) is 4.79 Å². The fourth-order valence-corrected chi connectivity index (χ4v) is 1.68. The van der Waals surface area contributed by atoms with Crippen molar-refractivity contribution in [2.45, 2.75) is 13.8 Å². The Labute approximate surface area is 106 Å². The van der Waals surface area contributed by atoms with Crippen LogP contribution in [0.1, 0.15) is 23.0 Å². The summed E-state index contributed by atoms with van der Waals surface area (Å²) in [5.74, 6) is -0.347. The first kappa shape index (κ1) is 12.2. The summed E-state index contributed by atoms with van der Waals surface area (Å²) in [6, 6.07) is 5.58. The molecule has 0 saturated heterocycles. The number of carbonyl (C=O) groups excluding carboxylic acids is 1. The first-order valence-electron chi connectivity index (χ1n) is 5.76. The molecule has 0 radical (unpaired) electrons. The average Bonchev–Trinajstić information content (AvgIpc) is 2.40. The second-order valence-corrected chi connectivity index (χ2v) is 3.81. The van der Waals surface area contributed by atoms with Gasteiger partial charge in [-0.1, -0.05) is 0 Å². The molecule has 0 saturated carbocycles. The zero-order valence-electron chi connectivity index (χ0n) is 10.4. The molecule has 0 aliphatic carbocycles. The standard InChI is InChI=1S/C14H14N2O2/c1-3-18-14(17)12-8-13(10(2)16-9-12)11-4-6-15-7-5-11/h4-9H,3H2,1-2H3. The number of ether oxygens (including phenoxy) is 1. The number of aryl methyl sites for hydroxylation is 1. The number of esters is 1. The summed E-state index contributed by atoms with van der Waals surface area (Å²) in [4.78, 5) is 19.9. The fraction of sp³-hybridized carbons (Fsp3) is 0.214. The summed E-state index contributed by atoms with van der Waals surface area (Å²) in [7, 11) is 0. The lowest BCUT2D eigenvalue weighted by Crippen LogP contribution is -2.06. The third-order valence-corrected chi connectivity index (χ3v) is 2.59. The van der Waals surface area contributed by atoms with Gasteiger partial charge in [-0.05, 0) is 37.6 Å². The molecule has 0 amide bonds. The van der Waals surface area contributed by atoms with Crippen molar-refractivity contribution in [3.05, 3.63) is 48.0 Å². The minimum absolute atomic E-state index is 0.347. The van der Waals surface area contributed by atoms with Crippen molar-refractivity contribution in [2.75, 3.05) is 6.61 Å². The van der Waals surface area contributed by atoms with Crippen molar-refractivity contribution >= 4 is 5.97 Å². The van der Waals surface area contributed by atoms with Crippen molar-refractivity contribution in [1.82, 2.24) is 9.97 Å². The first-order chi connectivity index (χ1) is 8.72. The Balaban J connectivity index is 2.42. The molecule has 0 N–H and O–H groups in total. The predicted octanol–water partition coefficient (Wildman–Crippen LogP) is 2.63. The maximum Gasteiger partial charge on any atom is 0.339 e. The zero-order valence-corrected chi connectivity index (χ0v) is 10.4. The van der Waals surface area contributed by atoms with Gasteiger partial charge in [-0.3, -0.25) is 9.97 Å². The lowest BCUT2D eigenvalue weighted by molar-refractivity contribution is 0.0526. The molecule has 4 heteroatoms. The smallest absolute Gasteiger partial charge is 0.339 e. The van der Waals surface area contributed by atoms with Gasteiger partial charge < -0.3 is 4.74 Å². The lowest BCUT2D eigenvalue weighted by atomic mass is 10.0. The van der Waals surface area contributed by atoms with E-state index in [4.69, 9.17) is 4.74 Å². The minimum atomic E-state index is -0.347. The molecule has 18 heavy (non-hydrogen) atoms. The Bertz CT molecular complexity index is 553. The van der Waals surface area contributed by atoms with Crippen molar-refractivity contribution in [3.63, 3.8) is 0 Å². The van der Waals surface area contributed by atoms with E-state index >= 15 is 0 Å². The van der Waals surface area contributed by atoms with Gasteiger partial charge in [-0.2, -0.15) is 0 Å². The number of rotatable bonds is 3. The van der Waals surface area contributed by atoms with Crippen LogP contribution in [0.5, 0.6) is 0 Å². The molecular weight excluding hydrogens is 228 g/mol. The number of carbonyl (C=O) groups is 1. The molecular formula is C14H14N2O2. The normalized spacial score (nSPS) is 10.1. The highest BCUT2D eigenvalue weighted by atomic mass is 16.5. The highest BCUT2D eigenvalue weighted by molar-refractivity contribution is 5.90. The second kappa shape index (κ2) is 5.40. The van der Waals surface area contributed by atoms with Gasteiger partial charge in [0.05, 0.1) is 12.2 Å². The quantitative estimate of drug-likeness (QED) is 0.776. The van der Waals surface area contributed by atoms with E-state index in [1.54, 1.807) is 25.4 Å². The van der Waals surface area contributed by atoms with E-state index < -0.39 is 0 Å². The SMILES string of the molecule is CCOC(=O)c1cnc(C)c(-c2ccncc2)c1. The van der Waals surface area contributed by atoms with E-state index in [-0.39, 0.29) is 5.97 Å². The van der Waals surface area contributed by atoms with Crippen LogP contribution >= 0.6 is 0 Å². The predicted molar refractivity (Wildman–Crippen MR) is 68.2 cm³/mol. The van der Waals surface area contributed by atoms with Gasteiger partial charge in [0, 0.05) is 29.8 Å². The summed E-state index contributed by atoms with van der Waals surface area (Å²) >= 11 is 0. The monoisotopic (exact) mass is 242 g/mol. The van der Waals surface area contributed by atoms with Crippen molar-refractivity contribution in [1.29, 1.82) is 0 Å². The van der Waals surface area contributed by atoms with E-state index in [2.05, 4.69) is 9.97 Å². The molecule has 0 atom stereocenters. The van der Waals surface area contributed by atoms with Crippen molar-refractivity contribution in [2.24, 2.45) is 0 Å². The van der Waals surface area contributed by atoms with Crippen LogP contribution in [0.3, 0.4) is 0 Å². The van der Waals surface area contributed by atoms with E-state index in [9.17, 15) is 4.79 Å². The molecule has 0 fully saturated rings. The van der Waals surface area contributed by atoms with E-state index in [1.165, 1.54) is 6.20 Å².